The third kappa shape index (κ3) is 4.45. The van der Waals surface area contributed by atoms with Crippen molar-refractivity contribution in [2.75, 3.05) is 13.2 Å². The van der Waals surface area contributed by atoms with E-state index in [1.807, 2.05) is 13.0 Å². The summed E-state index contributed by atoms with van der Waals surface area (Å²) in [7, 11) is 0. The number of amides is 1. The van der Waals surface area contributed by atoms with Crippen LogP contribution < -0.4 is 15.4 Å². The predicted molar refractivity (Wildman–Crippen MR) is 87.5 cm³/mol. The summed E-state index contributed by atoms with van der Waals surface area (Å²) in [4.78, 5) is 11.8. The summed E-state index contributed by atoms with van der Waals surface area (Å²) in [6, 6.07) is 4.34. The minimum Gasteiger partial charge on any atom is -0.493 e. The van der Waals surface area contributed by atoms with Crippen LogP contribution in [-0.2, 0) is 17.8 Å². The van der Waals surface area contributed by atoms with Gasteiger partial charge in [0.15, 0.2) is 0 Å². The Balaban J connectivity index is 1.86. The molecule has 0 aliphatic carbocycles. The molecular weight excluding hydrogens is 332 g/mol. The van der Waals surface area contributed by atoms with E-state index >= 15 is 0 Å². The highest BCUT2D eigenvalue weighted by atomic mass is 79.9. The second-order valence-electron chi connectivity index (χ2n) is 5.86. The number of ether oxygens (including phenoxy) is 1. The zero-order valence-corrected chi connectivity index (χ0v) is 14.4. The summed E-state index contributed by atoms with van der Waals surface area (Å²) < 4.78 is 6.73. The van der Waals surface area contributed by atoms with Crippen LogP contribution in [0.15, 0.2) is 16.6 Å². The van der Waals surface area contributed by atoms with E-state index < -0.39 is 0 Å². The summed E-state index contributed by atoms with van der Waals surface area (Å²) >= 11 is 3.52. The molecule has 1 heterocycles. The van der Waals surface area contributed by atoms with Crippen LogP contribution in [0.5, 0.6) is 5.75 Å². The normalized spacial score (nSPS) is 14.7. The number of benzene rings is 1. The Bertz CT molecular complexity index is 517. The number of carbonyl (C=O) groups is 1. The molecule has 1 atom stereocenters. The fourth-order valence-corrected chi connectivity index (χ4v) is 2.81. The fourth-order valence-electron chi connectivity index (χ4n) is 2.26. The maximum absolute atomic E-state index is 11.8. The first-order valence-corrected chi connectivity index (χ1v) is 8.21. The van der Waals surface area contributed by atoms with Gasteiger partial charge in [-0.25, -0.2) is 0 Å². The molecular formula is C16H23BrN2O2. The molecule has 21 heavy (non-hydrogen) atoms. The molecule has 0 bridgehead atoms. The molecule has 1 aliphatic heterocycles. The van der Waals surface area contributed by atoms with Gasteiger partial charge in [-0.2, -0.15) is 0 Å². The lowest BCUT2D eigenvalue weighted by molar-refractivity contribution is -0.121. The van der Waals surface area contributed by atoms with Gasteiger partial charge in [0.05, 0.1) is 13.2 Å². The second-order valence-corrected chi connectivity index (χ2v) is 6.77. The summed E-state index contributed by atoms with van der Waals surface area (Å²) in [6.07, 6.45) is 0.953. The first-order chi connectivity index (χ1) is 9.97. The van der Waals surface area contributed by atoms with Crippen molar-refractivity contribution in [1.82, 2.24) is 10.6 Å². The van der Waals surface area contributed by atoms with Crippen molar-refractivity contribution in [1.29, 1.82) is 0 Å². The molecule has 116 valence electrons. The first-order valence-electron chi connectivity index (χ1n) is 7.41. The SMILES string of the molecule is CC(C)C(C)NC(=O)CNCc1cc(Br)cc2c1OCC2. The van der Waals surface area contributed by atoms with Crippen LogP contribution in [0, 0.1) is 5.92 Å². The van der Waals surface area contributed by atoms with Gasteiger partial charge in [0.25, 0.3) is 0 Å². The minimum atomic E-state index is 0.0313. The zero-order chi connectivity index (χ0) is 15.4. The number of hydrogen-bond acceptors (Lipinski definition) is 3. The van der Waals surface area contributed by atoms with Crippen LogP contribution in [0.4, 0.5) is 0 Å². The van der Waals surface area contributed by atoms with Gasteiger partial charge in [-0.1, -0.05) is 29.8 Å². The van der Waals surface area contributed by atoms with Gasteiger partial charge in [0.2, 0.25) is 5.91 Å². The third-order valence-electron chi connectivity index (χ3n) is 3.82. The monoisotopic (exact) mass is 354 g/mol. The van der Waals surface area contributed by atoms with Crippen LogP contribution in [0.3, 0.4) is 0 Å². The molecule has 1 aromatic carbocycles. The average molecular weight is 355 g/mol. The molecule has 1 unspecified atom stereocenters. The number of fused-ring (bicyclic) bond motifs is 1. The first kappa shape index (κ1) is 16.3. The van der Waals surface area contributed by atoms with Crippen molar-refractivity contribution in [3.8, 4) is 5.75 Å². The molecule has 0 saturated carbocycles. The van der Waals surface area contributed by atoms with E-state index in [1.165, 1.54) is 5.56 Å². The lowest BCUT2D eigenvalue weighted by atomic mass is 10.1. The van der Waals surface area contributed by atoms with Crippen molar-refractivity contribution in [3.63, 3.8) is 0 Å². The average Bonchev–Trinajstić information content (AvgIpc) is 2.86. The van der Waals surface area contributed by atoms with Crippen LogP contribution in [0.1, 0.15) is 31.9 Å². The maximum Gasteiger partial charge on any atom is 0.234 e. The van der Waals surface area contributed by atoms with Gasteiger partial charge < -0.3 is 15.4 Å². The molecule has 0 spiro atoms. The topological polar surface area (TPSA) is 50.4 Å². The predicted octanol–water partition coefficient (Wildman–Crippen LogP) is 2.63. The lowest BCUT2D eigenvalue weighted by Crippen LogP contribution is -2.41. The molecule has 0 fully saturated rings. The Morgan fingerprint density at radius 1 is 1.38 bits per heavy atom. The van der Waals surface area contributed by atoms with Crippen molar-refractivity contribution >= 4 is 21.8 Å². The van der Waals surface area contributed by atoms with Crippen LogP contribution in [-0.4, -0.2) is 25.1 Å². The molecule has 1 aliphatic rings. The fraction of sp³-hybridized carbons (Fsp3) is 0.562. The summed E-state index contributed by atoms with van der Waals surface area (Å²) in [5, 5.41) is 6.18. The minimum absolute atomic E-state index is 0.0313. The lowest BCUT2D eigenvalue weighted by Gasteiger charge is -2.17. The third-order valence-corrected chi connectivity index (χ3v) is 4.27. The van der Waals surface area contributed by atoms with Crippen molar-refractivity contribution < 1.29 is 9.53 Å². The van der Waals surface area contributed by atoms with E-state index in [4.69, 9.17) is 4.74 Å². The highest BCUT2D eigenvalue weighted by Crippen LogP contribution is 2.32. The molecule has 5 heteroatoms. The van der Waals surface area contributed by atoms with Crippen molar-refractivity contribution in [3.05, 3.63) is 27.7 Å². The van der Waals surface area contributed by atoms with E-state index in [-0.39, 0.29) is 11.9 Å². The quantitative estimate of drug-likeness (QED) is 0.825. The summed E-state index contributed by atoms with van der Waals surface area (Å²) in [5.41, 5.74) is 2.33. The second kappa shape index (κ2) is 7.27. The summed E-state index contributed by atoms with van der Waals surface area (Å²) in [5.74, 6) is 1.45. The zero-order valence-electron chi connectivity index (χ0n) is 12.8. The maximum atomic E-state index is 11.8. The van der Waals surface area contributed by atoms with Gasteiger partial charge in [-0.3, -0.25) is 4.79 Å². The van der Waals surface area contributed by atoms with Gasteiger partial charge >= 0.3 is 0 Å². The smallest absolute Gasteiger partial charge is 0.234 e. The van der Waals surface area contributed by atoms with Crippen molar-refractivity contribution in [2.45, 2.75) is 39.8 Å². The Morgan fingerprint density at radius 3 is 2.86 bits per heavy atom. The van der Waals surface area contributed by atoms with Gasteiger partial charge in [0, 0.05) is 29.0 Å². The number of nitrogens with one attached hydrogen (secondary N) is 2. The van der Waals surface area contributed by atoms with E-state index in [1.54, 1.807) is 0 Å². The largest absolute Gasteiger partial charge is 0.493 e. The molecule has 1 amide bonds. The standard InChI is InChI=1S/C16H23BrN2O2/c1-10(2)11(3)19-15(20)9-18-8-13-7-14(17)6-12-4-5-21-16(12)13/h6-7,10-11,18H,4-5,8-9H2,1-3H3,(H,19,20). The number of rotatable bonds is 6. The Labute approximate surface area is 134 Å². The molecule has 1 aromatic rings. The van der Waals surface area contributed by atoms with E-state index in [0.29, 0.717) is 19.0 Å². The van der Waals surface area contributed by atoms with E-state index in [2.05, 4.69) is 46.5 Å². The van der Waals surface area contributed by atoms with Crippen molar-refractivity contribution in [2.24, 2.45) is 5.92 Å². The molecule has 4 nitrogen and oxygen atoms in total. The van der Waals surface area contributed by atoms with Crippen LogP contribution >= 0.6 is 15.9 Å². The number of carbonyl (C=O) groups excluding carboxylic acids is 1. The molecule has 0 radical (unpaired) electrons. The Morgan fingerprint density at radius 2 is 2.14 bits per heavy atom. The molecule has 2 rings (SSSR count). The van der Waals surface area contributed by atoms with E-state index in [9.17, 15) is 4.79 Å². The molecule has 0 aromatic heterocycles. The van der Waals surface area contributed by atoms with Gasteiger partial charge in [0.1, 0.15) is 5.75 Å². The van der Waals surface area contributed by atoms with Crippen LogP contribution in [0.25, 0.3) is 0 Å². The van der Waals surface area contributed by atoms with Gasteiger partial charge in [-0.15, -0.1) is 0 Å². The molecule has 2 N–H and O–H groups in total. The Kier molecular flexibility index (Phi) is 5.65. The summed E-state index contributed by atoms with van der Waals surface area (Å²) in [6.45, 7) is 7.91. The van der Waals surface area contributed by atoms with Crippen LogP contribution in [0.2, 0.25) is 0 Å². The number of hydrogen-bond donors (Lipinski definition) is 2. The Hall–Kier alpha value is -1.07. The van der Waals surface area contributed by atoms with E-state index in [0.717, 1.165) is 28.8 Å². The highest BCUT2D eigenvalue weighted by molar-refractivity contribution is 9.10. The van der Waals surface area contributed by atoms with Gasteiger partial charge in [-0.05, 0) is 30.5 Å². The highest BCUT2D eigenvalue weighted by Gasteiger charge is 2.17. The number of halogens is 1. The molecule has 0 saturated heterocycles.